The molecular formula is C25H35N3O3. The van der Waals surface area contributed by atoms with Gasteiger partial charge in [0.2, 0.25) is 0 Å². The smallest absolute Gasteiger partial charge is 0.315 e. The van der Waals surface area contributed by atoms with Crippen molar-refractivity contribution in [1.82, 2.24) is 15.5 Å². The lowest BCUT2D eigenvalue weighted by molar-refractivity contribution is 0.169. The van der Waals surface area contributed by atoms with Gasteiger partial charge in [-0.15, -0.1) is 0 Å². The van der Waals surface area contributed by atoms with Gasteiger partial charge in [0.25, 0.3) is 0 Å². The van der Waals surface area contributed by atoms with Crippen LogP contribution in [0.5, 0.6) is 11.5 Å². The van der Waals surface area contributed by atoms with Crippen LogP contribution in [0.1, 0.15) is 49.1 Å². The van der Waals surface area contributed by atoms with E-state index in [0.717, 1.165) is 25.3 Å². The summed E-state index contributed by atoms with van der Waals surface area (Å²) in [6.45, 7) is 10.3. The predicted molar refractivity (Wildman–Crippen MR) is 124 cm³/mol. The van der Waals surface area contributed by atoms with E-state index in [2.05, 4.69) is 58.9 Å². The molecule has 6 nitrogen and oxygen atoms in total. The van der Waals surface area contributed by atoms with Gasteiger partial charge < -0.3 is 20.1 Å². The second kappa shape index (κ2) is 9.60. The number of amides is 2. The van der Waals surface area contributed by atoms with Crippen LogP contribution in [0, 0.1) is 6.92 Å². The van der Waals surface area contributed by atoms with Crippen molar-refractivity contribution in [3.8, 4) is 11.5 Å². The SMILES string of the molecule is COc1cc2c(cc1OC)[C@@H](CNC(=O)NC(C)(C)C)N(Cc1ccccc1C)CC2. The van der Waals surface area contributed by atoms with E-state index < -0.39 is 0 Å². The van der Waals surface area contributed by atoms with Gasteiger partial charge in [-0.05, 0) is 68.5 Å². The minimum absolute atomic E-state index is 0.0360. The Morgan fingerprint density at radius 2 is 1.81 bits per heavy atom. The highest BCUT2D eigenvalue weighted by molar-refractivity contribution is 5.74. The van der Waals surface area contributed by atoms with E-state index in [1.165, 1.54) is 22.3 Å². The van der Waals surface area contributed by atoms with Gasteiger partial charge in [0.1, 0.15) is 0 Å². The Kier molecular flexibility index (Phi) is 7.11. The maximum atomic E-state index is 12.5. The first-order valence-corrected chi connectivity index (χ1v) is 10.8. The molecule has 1 heterocycles. The van der Waals surface area contributed by atoms with Gasteiger partial charge in [-0.25, -0.2) is 4.79 Å². The lowest BCUT2D eigenvalue weighted by Gasteiger charge is -2.38. The van der Waals surface area contributed by atoms with Gasteiger partial charge in [-0.3, -0.25) is 4.90 Å². The van der Waals surface area contributed by atoms with Crippen LogP contribution in [-0.4, -0.2) is 43.8 Å². The quantitative estimate of drug-likeness (QED) is 0.728. The highest BCUT2D eigenvalue weighted by atomic mass is 16.5. The first-order valence-electron chi connectivity index (χ1n) is 10.8. The second-order valence-corrected chi connectivity index (χ2v) is 9.15. The summed E-state index contributed by atoms with van der Waals surface area (Å²) in [6, 6.07) is 12.5. The van der Waals surface area contributed by atoms with Crippen molar-refractivity contribution in [2.24, 2.45) is 0 Å². The number of carbonyl (C=O) groups excluding carboxylic acids is 1. The molecule has 1 atom stereocenters. The Morgan fingerprint density at radius 3 is 2.45 bits per heavy atom. The molecule has 0 aromatic heterocycles. The van der Waals surface area contributed by atoms with E-state index in [1.807, 2.05) is 20.8 Å². The zero-order chi connectivity index (χ0) is 22.6. The predicted octanol–water partition coefficient (Wildman–Crippen LogP) is 4.21. The summed E-state index contributed by atoms with van der Waals surface area (Å²) in [5.74, 6) is 1.45. The number of hydrogen-bond acceptors (Lipinski definition) is 4. The second-order valence-electron chi connectivity index (χ2n) is 9.15. The minimum Gasteiger partial charge on any atom is -0.493 e. The molecule has 2 aromatic carbocycles. The lowest BCUT2D eigenvalue weighted by Crippen LogP contribution is -2.49. The number of methoxy groups -OCH3 is 2. The standard InChI is InChI=1S/C25H35N3O3/c1-17-9-7-8-10-19(17)16-28-12-11-18-13-22(30-5)23(31-6)14-20(18)21(28)15-26-24(29)27-25(2,3)4/h7-10,13-14,21H,11-12,15-16H2,1-6H3,(H2,26,27,29)/t21-/m1/s1. The molecule has 168 valence electrons. The van der Waals surface area contributed by atoms with E-state index in [1.54, 1.807) is 14.2 Å². The van der Waals surface area contributed by atoms with Crippen molar-refractivity contribution >= 4 is 6.03 Å². The number of nitrogens with zero attached hydrogens (tertiary/aromatic N) is 1. The topological polar surface area (TPSA) is 62.8 Å². The van der Waals surface area contributed by atoms with Gasteiger partial charge in [0.15, 0.2) is 11.5 Å². The van der Waals surface area contributed by atoms with Gasteiger partial charge in [-0.1, -0.05) is 24.3 Å². The molecule has 0 radical (unpaired) electrons. The number of ether oxygens (including phenoxy) is 2. The molecule has 0 aliphatic carbocycles. The third-order valence-corrected chi connectivity index (χ3v) is 5.69. The number of carbonyl (C=O) groups is 1. The van der Waals surface area contributed by atoms with Crippen LogP contribution in [0.25, 0.3) is 0 Å². The maximum absolute atomic E-state index is 12.5. The monoisotopic (exact) mass is 425 g/mol. The molecule has 0 unspecified atom stereocenters. The van der Waals surface area contributed by atoms with E-state index in [9.17, 15) is 4.79 Å². The lowest BCUT2D eigenvalue weighted by atomic mass is 9.91. The van der Waals surface area contributed by atoms with Crippen molar-refractivity contribution in [3.63, 3.8) is 0 Å². The van der Waals surface area contributed by atoms with Crippen LogP contribution in [0.2, 0.25) is 0 Å². The number of rotatable bonds is 6. The maximum Gasteiger partial charge on any atom is 0.315 e. The van der Waals surface area contributed by atoms with Gasteiger partial charge >= 0.3 is 6.03 Å². The summed E-state index contributed by atoms with van der Waals surface area (Å²) >= 11 is 0. The molecule has 6 heteroatoms. The highest BCUT2D eigenvalue weighted by Crippen LogP contribution is 2.38. The molecule has 0 bridgehead atoms. The number of fused-ring (bicyclic) bond motifs is 1. The fourth-order valence-electron chi connectivity index (χ4n) is 4.09. The summed E-state index contributed by atoms with van der Waals surface area (Å²) in [6.07, 6.45) is 0.923. The van der Waals surface area contributed by atoms with Gasteiger partial charge in [-0.2, -0.15) is 0 Å². The summed E-state index contributed by atoms with van der Waals surface area (Å²) in [7, 11) is 3.32. The molecule has 2 N–H and O–H groups in total. The molecule has 3 rings (SSSR count). The van der Waals surface area contributed by atoms with E-state index >= 15 is 0 Å². The number of hydrogen-bond donors (Lipinski definition) is 2. The molecule has 1 aliphatic rings. The molecule has 0 saturated heterocycles. The summed E-state index contributed by atoms with van der Waals surface area (Å²) in [5, 5.41) is 6.07. The Balaban J connectivity index is 1.90. The van der Waals surface area contributed by atoms with Crippen LogP contribution in [0.3, 0.4) is 0 Å². The minimum atomic E-state index is -0.286. The van der Waals surface area contributed by atoms with Gasteiger partial charge in [0.05, 0.1) is 20.3 Å². The van der Waals surface area contributed by atoms with Crippen molar-refractivity contribution in [3.05, 3.63) is 58.7 Å². The number of aryl methyl sites for hydroxylation is 1. The average molecular weight is 426 g/mol. The molecule has 31 heavy (non-hydrogen) atoms. The third-order valence-electron chi connectivity index (χ3n) is 5.69. The molecular weight excluding hydrogens is 390 g/mol. The fourth-order valence-corrected chi connectivity index (χ4v) is 4.09. The van der Waals surface area contributed by atoms with Crippen molar-refractivity contribution in [2.45, 2.75) is 52.2 Å². The highest BCUT2D eigenvalue weighted by Gasteiger charge is 2.30. The normalized spacial score (nSPS) is 16.4. The Hall–Kier alpha value is -2.73. The third kappa shape index (κ3) is 5.70. The van der Waals surface area contributed by atoms with Crippen molar-refractivity contribution < 1.29 is 14.3 Å². The summed E-state index contributed by atoms with van der Waals surface area (Å²) in [4.78, 5) is 14.9. The zero-order valence-corrected chi connectivity index (χ0v) is 19.5. The largest absolute Gasteiger partial charge is 0.493 e. The Labute approximate surface area is 185 Å². The fraction of sp³-hybridized carbons (Fsp3) is 0.480. The number of benzene rings is 2. The van der Waals surface area contributed by atoms with E-state index in [0.29, 0.717) is 12.3 Å². The Morgan fingerprint density at radius 1 is 1.13 bits per heavy atom. The number of nitrogens with one attached hydrogen (secondary N) is 2. The first kappa shape index (κ1) is 22.9. The summed E-state index contributed by atoms with van der Waals surface area (Å²) in [5.41, 5.74) is 4.70. The molecule has 0 fully saturated rings. The first-order chi connectivity index (χ1) is 14.7. The average Bonchev–Trinajstić information content (AvgIpc) is 2.72. The Bertz CT molecular complexity index is 921. The molecule has 1 aliphatic heterocycles. The van der Waals surface area contributed by atoms with Crippen LogP contribution in [-0.2, 0) is 13.0 Å². The molecule has 2 amide bonds. The van der Waals surface area contributed by atoms with Crippen LogP contribution >= 0.6 is 0 Å². The number of urea groups is 1. The van der Waals surface area contributed by atoms with Crippen molar-refractivity contribution in [1.29, 1.82) is 0 Å². The molecule has 0 spiro atoms. The van der Waals surface area contributed by atoms with Crippen molar-refractivity contribution in [2.75, 3.05) is 27.3 Å². The van der Waals surface area contributed by atoms with Gasteiger partial charge in [0, 0.05) is 25.2 Å². The van der Waals surface area contributed by atoms with Crippen LogP contribution < -0.4 is 20.1 Å². The zero-order valence-electron chi connectivity index (χ0n) is 19.5. The van der Waals surface area contributed by atoms with Crippen LogP contribution in [0.15, 0.2) is 36.4 Å². The van der Waals surface area contributed by atoms with E-state index in [-0.39, 0.29) is 17.6 Å². The molecule has 2 aromatic rings. The van der Waals surface area contributed by atoms with E-state index in [4.69, 9.17) is 9.47 Å². The molecule has 0 saturated carbocycles. The summed E-state index contributed by atoms with van der Waals surface area (Å²) < 4.78 is 11.1. The van der Waals surface area contributed by atoms with Crippen LogP contribution in [0.4, 0.5) is 4.79 Å².